The summed E-state index contributed by atoms with van der Waals surface area (Å²) in [5.74, 6) is 1.27. The van der Waals surface area contributed by atoms with Crippen molar-refractivity contribution in [2.45, 2.75) is 32.4 Å². The molecule has 0 radical (unpaired) electrons. The van der Waals surface area contributed by atoms with Crippen LogP contribution < -0.4 is 0 Å². The lowest BCUT2D eigenvalue weighted by Crippen LogP contribution is -2.36. The molecular formula is C14H17N3O4. The van der Waals surface area contributed by atoms with Gasteiger partial charge in [0.05, 0.1) is 19.4 Å². The molecule has 7 heteroatoms. The lowest BCUT2D eigenvalue weighted by atomic mass is 10.2. The van der Waals surface area contributed by atoms with Gasteiger partial charge in [0.25, 0.3) is 0 Å². The Morgan fingerprint density at radius 1 is 1.57 bits per heavy atom. The van der Waals surface area contributed by atoms with Crippen LogP contribution in [0.15, 0.2) is 27.3 Å². The van der Waals surface area contributed by atoms with Crippen LogP contribution in [0.25, 0.3) is 11.6 Å². The molecular weight excluding hydrogens is 274 g/mol. The van der Waals surface area contributed by atoms with Gasteiger partial charge in [0.2, 0.25) is 11.7 Å². The fourth-order valence-electron chi connectivity index (χ4n) is 2.52. The maximum Gasteiger partial charge on any atom is 0.323 e. The molecule has 0 aliphatic carbocycles. The fraction of sp³-hybridized carbons (Fsp3) is 0.500. The number of likely N-dealkylation sites (tertiary alicyclic amines) is 1. The zero-order valence-corrected chi connectivity index (χ0v) is 11.8. The first-order valence-electron chi connectivity index (χ1n) is 7.05. The average molecular weight is 291 g/mol. The third-order valence-electron chi connectivity index (χ3n) is 3.47. The minimum atomic E-state index is -0.219. The number of carbonyl (C=O) groups excluding carboxylic acids is 1. The first-order valence-corrected chi connectivity index (χ1v) is 7.05. The quantitative estimate of drug-likeness (QED) is 0.777. The molecule has 1 aliphatic rings. The lowest BCUT2D eigenvalue weighted by Gasteiger charge is -2.20. The summed E-state index contributed by atoms with van der Waals surface area (Å²) in [6, 6.07) is 3.32. The van der Waals surface area contributed by atoms with Crippen LogP contribution in [0.5, 0.6) is 0 Å². The van der Waals surface area contributed by atoms with Crippen molar-refractivity contribution in [3.05, 3.63) is 24.3 Å². The molecule has 3 rings (SSSR count). The summed E-state index contributed by atoms with van der Waals surface area (Å²) in [6.45, 7) is 3.47. The highest BCUT2D eigenvalue weighted by molar-refractivity contribution is 5.76. The minimum Gasteiger partial charge on any atom is -0.465 e. The van der Waals surface area contributed by atoms with Gasteiger partial charge in [-0.1, -0.05) is 5.16 Å². The molecule has 21 heavy (non-hydrogen) atoms. The van der Waals surface area contributed by atoms with Crippen LogP contribution in [0.3, 0.4) is 0 Å². The predicted molar refractivity (Wildman–Crippen MR) is 72.1 cm³/mol. The number of aromatic nitrogens is 2. The Morgan fingerprint density at radius 3 is 3.24 bits per heavy atom. The SMILES string of the molecule is CCOC(=O)C1CCCN1Cc1nc(-c2ccco2)no1. The van der Waals surface area contributed by atoms with Crippen LogP contribution in [-0.2, 0) is 16.1 Å². The Labute approximate surface area is 121 Å². The van der Waals surface area contributed by atoms with E-state index in [9.17, 15) is 4.79 Å². The van der Waals surface area contributed by atoms with Gasteiger partial charge in [-0.2, -0.15) is 4.98 Å². The number of hydrogen-bond donors (Lipinski definition) is 0. The van der Waals surface area contributed by atoms with E-state index in [0.717, 1.165) is 19.4 Å². The van der Waals surface area contributed by atoms with Crippen LogP contribution in [0.4, 0.5) is 0 Å². The monoisotopic (exact) mass is 291 g/mol. The van der Waals surface area contributed by atoms with Gasteiger partial charge >= 0.3 is 5.97 Å². The summed E-state index contributed by atoms with van der Waals surface area (Å²) in [5, 5.41) is 3.88. The standard InChI is InChI=1S/C14H17N3O4/c1-2-19-14(18)10-5-3-7-17(10)9-12-15-13(16-21-12)11-6-4-8-20-11/h4,6,8,10H,2-3,5,7,9H2,1H3. The molecule has 1 atom stereocenters. The summed E-state index contributed by atoms with van der Waals surface area (Å²) in [5.41, 5.74) is 0. The topological polar surface area (TPSA) is 81.6 Å². The van der Waals surface area contributed by atoms with Crippen molar-refractivity contribution >= 4 is 5.97 Å². The molecule has 2 aromatic rings. The molecule has 0 saturated carbocycles. The second kappa shape index (κ2) is 6.09. The van der Waals surface area contributed by atoms with E-state index in [4.69, 9.17) is 13.7 Å². The average Bonchev–Trinajstić information content (AvgIpc) is 3.20. The van der Waals surface area contributed by atoms with Crippen LogP contribution in [0, 0.1) is 0 Å². The van der Waals surface area contributed by atoms with Gasteiger partial charge in [0.1, 0.15) is 6.04 Å². The van der Waals surface area contributed by atoms with E-state index in [1.54, 1.807) is 18.4 Å². The van der Waals surface area contributed by atoms with Gasteiger partial charge in [0, 0.05) is 0 Å². The summed E-state index contributed by atoms with van der Waals surface area (Å²) in [4.78, 5) is 18.2. The van der Waals surface area contributed by atoms with Gasteiger partial charge in [-0.25, -0.2) is 0 Å². The largest absolute Gasteiger partial charge is 0.465 e. The highest BCUT2D eigenvalue weighted by atomic mass is 16.5. The predicted octanol–water partition coefficient (Wildman–Crippen LogP) is 1.86. The number of carbonyl (C=O) groups is 1. The molecule has 1 aliphatic heterocycles. The number of esters is 1. The molecule has 0 bridgehead atoms. The second-order valence-electron chi connectivity index (χ2n) is 4.87. The van der Waals surface area contributed by atoms with Crippen molar-refractivity contribution in [3.63, 3.8) is 0 Å². The summed E-state index contributed by atoms with van der Waals surface area (Å²) >= 11 is 0. The van der Waals surface area contributed by atoms with Crippen molar-refractivity contribution in [1.82, 2.24) is 15.0 Å². The molecule has 0 amide bonds. The maximum atomic E-state index is 11.9. The van der Waals surface area contributed by atoms with E-state index in [1.807, 2.05) is 11.8 Å². The molecule has 3 heterocycles. The Balaban J connectivity index is 1.67. The number of rotatable bonds is 5. The highest BCUT2D eigenvalue weighted by Gasteiger charge is 2.32. The van der Waals surface area contributed by atoms with Crippen LogP contribution >= 0.6 is 0 Å². The Kier molecular flexibility index (Phi) is 4.01. The highest BCUT2D eigenvalue weighted by Crippen LogP contribution is 2.22. The number of ether oxygens (including phenoxy) is 1. The van der Waals surface area contributed by atoms with Gasteiger partial charge in [0.15, 0.2) is 5.76 Å². The zero-order chi connectivity index (χ0) is 14.7. The zero-order valence-electron chi connectivity index (χ0n) is 11.8. The molecule has 1 fully saturated rings. The fourth-order valence-corrected chi connectivity index (χ4v) is 2.52. The molecule has 1 saturated heterocycles. The molecule has 112 valence electrons. The van der Waals surface area contributed by atoms with Gasteiger partial charge in [-0.15, -0.1) is 0 Å². The third kappa shape index (κ3) is 2.97. The molecule has 7 nitrogen and oxygen atoms in total. The summed E-state index contributed by atoms with van der Waals surface area (Å²) < 4.78 is 15.5. The Hall–Kier alpha value is -2.15. The van der Waals surface area contributed by atoms with E-state index in [-0.39, 0.29) is 12.0 Å². The normalized spacial score (nSPS) is 19.0. The molecule has 0 spiro atoms. The van der Waals surface area contributed by atoms with Crippen LogP contribution in [-0.4, -0.2) is 40.2 Å². The van der Waals surface area contributed by atoms with Gasteiger partial charge in [-0.05, 0) is 38.4 Å². The van der Waals surface area contributed by atoms with Crippen molar-refractivity contribution in [3.8, 4) is 11.6 Å². The third-order valence-corrected chi connectivity index (χ3v) is 3.47. The smallest absolute Gasteiger partial charge is 0.323 e. The number of hydrogen-bond acceptors (Lipinski definition) is 7. The van der Waals surface area contributed by atoms with E-state index < -0.39 is 0 Å². The van der Waals surface area contributed by atoms with Gasteiger partial charge < -0.3 is 13.7 Å². The van der Waals surface area contributed by atoms with E-state index in [2.05, 4.69) is 10.1 Å². The first kappa shape index (κ1) is 13.8. The van der Waals surface area contributed by atoms with Crippen LogP contribution in [0.1, 0.15) is 25.7 Å². The maximum absolute atomic E-state index is 11.9. The molecule has 2 aromatic heterocycles. The molecule has 0 aromatic carbocycles. The van der Waals surface area contributed by atoms with E-state index >= 15 is 0 Å². The lowest BCUT2D eigenvalue weighted by molar-refractivity contribution is -0.148. The summed E-state index contributed by atoms with van der Waals surface area (Å²) in [7, 11) is 0. The first-order chi connectivity index (χ1) is 10.3. The number of furan rings is 1. The second-order valence-corrected chi connectivity index (χ2v) is 4.87. The minimum absolute atomic E-state index is 0.180. The van der Waals surface area contributed by atoms with E-state index in [1.165, 1.54) is 0 Å². The molecule has 1 unspecified atom stereocenters. The van der Waals surface area contributed by atoms with Crippen molar-refractivity contribution in [2.24, 2.45) is 0 Å². The Morgan fingerprint density at radius 2 is 2.48 bits per heavy atom. The Bertz CT molecular complexity index is 593. The van der Waals surface area contributed by atoms with Crippen molar-refractivity contribution in [2.75, 3.05) is 13.2 Å². The summed E-state index contributed by atoms with van der Waals surface area (Å²) in [6.07, 6.45) is 3.32. The van der Waals surface area contributed by atoms with Gasteiger partial charge in [-0.3, -0.25) is 9.69 Å². The number of nitrogens with zero attached hydrogens (tertiary/aromatic N) is 3. The van der Waals surface area contributed by atoms with Crippen molar-refractivity contribution < 1.29 is 18.5 Å². The molecule has 0 N–H and O–H groups in total. The van der Waals surface area contributed by atoms with Crippen LogP contribution in [0.2, 0.25) is 0 Å². The van der Waals surface area contributed by atoms with E-state index in [0.29, 0.717) is 30.6 Å². The van der Waals surface area contributed by atoms with Crippen molar-refractivity contribution in [1.29, 1.82) is 0 Å².